The summed E-state index contributed by atoms with van der Waals surface area (Å²) in [5, 5.41) is 4.87. The van der Waals surface area contributed by atoms with Crippen LogP contribution in [0.3, 0.4) is 0 Å². The van der Waals surface area contributed by atoms with Crippen LogP contribution in [0.1, 0.15) is 22.8 Å². The van der Waals surface area contributed by atoms with E-state index in [0.29, 0.717) is 16.8 Å². The minimum Gasteiger partial charge on any atom is -0.459 e. The van der Waals surface area contributed by atoms with Crippen molar-refractivity contribution in [2.75, 3.05) is 19.0 Å². The summed E-state index contributed by atoms with van der Waals surface area (Å²) in [5.41, 5.74) is 1.28. The Balaban J connectivity index is 3.03. The molecule has 2 N–H and O–H groups in total. The highest BCUT2D eigenvalue weighted by Crippen LogP contribution is 2.20. The molecule has 0 spiro atoms. The number of hydrogen-bond donors (Lipinski definition) is 2. The monoisotopic (exact) mass is 264 g/mol. The topological polar surface area (TPSA) is 84.5 Å². The molecule has 0 aliphatic carbocycles. The van der Waals surface area contributed by atoms with E-state index in [4.69, 9.17) is 0 Å². The van der Waals surface area contributed by atoms with Gasteiger partial charge in [-0.1, -0.05) is 12.1 Å². The van der Waals surface area contributed by atoms with Crippen molar-refractivity contribution in [1.82, 2.24) is 5.32 Å². The number of para-hydroxylation sites is 1. The lowest BCUT2D eigenvalue weighted by atomic mass is 10.1. The van der Waals surface area contributed by atoms with Crippen molar-refractivity contribution in [3.8, 4) is 0 Å². The maximum absolute atomic E-state index is 11.7. The molecule has 0 bridgehead atoms. The summed E-state index contributed by atoms with van der Waals surface area (Å²) in [6.45, 7) is 3.45. The quantitative estimate of drug-likeness (QED) is 0.626. The first-order chi connectivity index (χ1) is 9.01. The van der Waals surface area contributed by atoms with Gasteiger partial charge in [-0.05, 0) is 25.5 Å². The lowest BCUT2D eigenvalue weighted by molar-refractivity contribution is -0.152. The van der Waals surface area contributed by atoms with E-state index in [0.717, 1.165) is 0 Å². The van der Waals surface area contributed by atoms with Crippen molar-refractivity contribution in [3.05, 3.63) is 29.3 Å². The Kier molecular flexibility index (Phi) is 5.05. The zero-order valence-corrected chi connectivity index (χ0v) is 11.1. The number of esters is 1. The summed E-state index contributed by atoms with van der Waals surface area (Å²) in [5.74, 6) is -2.22. The fourth-order valence-electron chi connectivity index (χ4n) is 1.52. The van der Waals surface area contributed by atoms with Gasteiger partial charge in [0.25, 0.3) is 5.91 Å². The third-order valence-electron chi connectivity index (χ3n) is 2.44. The van der Waals surface area contributed by atoms with E-state index in [1.54, 1.807) is 32.0 Å². The van der Waals surface area contributed by atoms with Crippen molar-refractivity contribution in [1.29, 1.82) is 0 Å². The number of amides is 2. The maximum Gasteiger partial charge on any atom is 0.397 e. The molecule has 1 rings (SSSR count). The molecule has 2 amide bonds. The van der Waals surface area contributed by atoms with Crippen LogP contribution >= 0.6 is 0 Å². The van der Waals surface area contributed by atoms with Crippen LogP contribution in [0.15, 0.2) is 18.2 Å². The molecule has 6 heteroatoms. The normalized spacial score (nSPS) is 9.63. The largest absolute Gasteiger partial charge is 0.459 e. The second-order valence-corrected chi connectivity index (χ2v) is 3.75. The number of aryl methyl sites for hydroxylation is 1. The number of benzene rings is 1. The van der Waals surface area contributed by atoms with Crippen LogP contribution in [0.25, 0.3) is 0 Å². The highest BCUT2D eigenvalue weighted by molar-refractivity contribution is 6.37. The third kappa shape index (κ3) is 3.54. The van der Waals surface area contributed by atoms with Crippen molar-refractivity contribution < 1.29 is 19.1 Å². The van der Waals surface area contributed by atoms with Crippen LogP contribution in [0, 0.1) is 6.92 Å². The van der Waals surface area contributed by atoms with Crippen LogP contribution < -0.4 is 10.6 Å². The Morgan fingerprint density at radius 1 is 1.26 bits per heavy atom. The van der Waals surface area contributed by atoms with Crippen LogP contribution in [-0.2, 0) is 14.3 Å². The number of hydrogen-bond acceptors (Lipinski definition) is 4. The predicted octanol–water partition coefficient (Wildman–Crippen LogP) is 0.856. The van der Waals surface area contributed by atoms with Crippen molar-refractivity contribution in [2.45, 2.75) is 13.8 Å². The Morgan fingerprint density at radius 3 is 2.53 bits per heavy atom. The number of rotatable bonds is 3. The summed E-state index contributed by atoms with van der Waals surface area (Å²) in [4.78, 5) is 34.6. The van der Waals surface area contributed by atoms with Crippen LogP contribution in [0.2, 0.25) is 0 Å². The van der Waals surface area contributed by atoms with Crippen molar-refractivity contribution in [3.63, 3.8) is 0 Å². The lowest BCUT2D eigenvalue weighted by Crippen LogP contribution is -2.27. The van der Waals surface area contributed by atoms with Crippen LogP contribution in [0.4, 0.5) is 5.69 Å². The molecule has 1 aromatic carbocycles. The van der Waals surface area contributed by atoms with Gasteiger partial charge in [0.1, 0.15) is 0 Å². The van der Waals surface area contributed by atoms with E-state index >= 15 is 0 Å². The second kappa shape index (κ2) is 6.53. The van der Waals surface area contributed by atoms with Gasteiger partial charge in [0.2, 0.25) is 0 Å². The van der Waals surface area contributed by atoms with Crippen molar-refractivity contribution >= 4 is 23.5 Å². The van der Waals surface area contributed by atoms with E-state index in [1.807, 2.05) is 0 Å². The SMILES string of the molecule is CCOC(=O)C(=O)Nc1c(C)cccc1C(=O)NC. The molecule has 1 aromatic rings. The minimum absolute atomic E-state index is 0.113. The Labute approximate surface area is 111 Å². The van der Waals surface area contributed by atoms with Crippen LogP contribution in [-0.4, -0.2) is 31.4 Å². The van der Waals surface area contributed by atoms with E-state index in [1.165, 1.54) is 7.05 Å². The summed E-state index contributed by atoms with van der Waals surface area (Å²) < 4.78 is 4.59. The third-order valence-corrected chi connectivity index (χ3v) is 2.44. The van der Waals surface area contributed by atoms with Gasteiger partial charge in [-0.2, -0.15) is 0 Å². The number of anilines is 1. The second-order valence-electron chi connectivity index (χ2n) is 3.75. The predicted molar refractivity (Wildman–Crippen MR) is 69.8 cm³/mol. The average Bonchev–Trinajstić information content (AvgIpc) is 2.40. The molecule has 19 heavy (non-hydrogen) atoms. The fraction of sp³-hybridized carbons (Fsp3) is 0.308. The van der Waals surface area contributed by atoms with Gasteiger partial charge in [0, 0.05) is 7.05 Å². The molecule has 0 aromatic heterocycles. The number of nitrogens with one attached hydrogen (secondary N) is 2. The van der Waals surface area contributed by atoms with Gasteiger partial charge in [0.05, 0.1) is 17.9 Å². The molecule has 0 heterocycles. The summed E-state index contributed by atoms with van der Waals surface area (Å²) in [6.07, 6.45) is 0. The van der Waals surface area contributed by atoms with E-state index in [9.17, 15) is 14.4 Å². The van der Waals surface area contributed by atoms with E-state index in [2.05, 4.69) is 15.4 Å². The molecule has 0 saturated carbocycles. The Hall–Kier alpha value is -2.37. The Bertz CT molecular complexity index is 511. The number of carbonyl (C=O) groups excluding carboxylic acids is 3. The molecule has 0 aliphatic heterocycles. The molecule has 0 unspecified atom stereocenters. The highest BCUT2D eigenvalue weighted by Gasteiger charge is 2.19. The summed E-state index contributed by atoms with van der Waals surface area (Å²) in [6, 6.07) is 4.99. The standard InChI is InChI=1S/C13H16N2O4/c1-4-19-13(18)12(17)15-10-8(2)6-5-7-9(10)11(16)14-3/h5-7H,4H2,1-3H3,(H,14,16)(H,15,17). The van der Waals surface area contributed by atoms with Gasteiger partial charge in [0.15, 0.2) is 0 Å². The lowest BCUT2D eigenvalue weighted by Gasteiger charge is -2.12. The molecule has 0 atom stereocenters. The molecule has 102 valence electrons. The van der Waals surface area contributed by atoms with Crippen molar-refractivity contribution in [2.24, 2.45) is 0 Å². The average molecular weight is 264 g/mol. The summed E-state index contributed by atoms with van der Waals surface area (Å²) in [7, 11) is 1.49. The zero-order chi connectivity index (χ0) is 14.4. The Morgan fingerprint density at radius 2 is 1.95 bits per heavy atom. The van der Waals surface area contributed by atoms with Gasteiger partial charge in [-0.15, -0.1) is 0 Å². The zero-order valence-electron chi connectivity index (χ0n) is 11.1. The first-order valence-corrected chi connectivity index (χ1v) is 5.81. The minimum atomic E-state index is -0.978. The first kappa shape index (κ1) is 14.7. The molecule has 0 aliphatic rings. The van der Waals surface area contributed by atoms with Gasteiger partial charge in [-0.25, -0.2) is 4.79 Å². The van der Waals surface area contributed by atoms with Gasteiger partial charge < -0.3 is 15.4 Å². The molecule has 0 saturated heterocycles. The number of carbonyl (C=O) groups is 3. The molecule has 6 nitrogen and oxygen atoms in total. The molecule has 0 radical (unpaired) electrons. The summed E-state index contributed by atoms with van der Waals surface area (Å²) >= 11 is 0. The fourth-order valence-corrected chi connectivity index (χ4v) is 1.52. The highest BCUT2D eigenvalue weighted by atomic mass is 16.5. The molecular weight excluding hydrogens is 248 g/mol. The molecular formula is C13H16N2O4. The van der Waals surface area contributed by atoms with Gasteiger partial charge >= 0.3 is 11.9 Å². The van der Waals surface area contributed by atoms with E-state index in [-0.39, 0.29) is 12.5 Å². The molecule has 0 fully saturated rings. The van der Waals surface area contributed by atoms with E-state index < -0.39 is 11.9 Å². The maximum atomic E-state index is 11.7. The smallest absolute Gasteiger partial charge is 0.397 e. The first-order valence-electron chi connectivity index (χ1n) is 5.81. The van der Waals surface area contributed by atoms with Crippen LogP contribution in [0.5, 0.6) is 0 Å². The number of ether oxygens (including phenoxy) is 1. The van der Waals surface area contributed by atoms with Gasteiger partial charge in [-0.3, -0.25) is 9.59 Å².